The fourth-order valence-corrected chi connectivity index (χ4v) is 5.12. The molecule has 4 rings (SSSR count). The van der Waals surface area contributed by atoms with Gasteiger partial charge in [-0.15, -0.1) is 5.10 Å². The third-order valence-corrected chi connectivity index (χ3v) is 7.36. The molecule has 1 amide bonds. The minimum atomic E-state index is -3.56. The monoisotopic (exact) mass is 484 g/mol. The number of nitrogens with one attached hydrogen (secondary N) is 1. The number of carbonyl (C=O) groups excluding carboxylic acids is 2. The van der Waals surface area contributed by atoms with Crippen molar-refractivity contribution in [2.75, 3.05) is 18.4 Å². The lowest BCUT2D eigenvalue weighted by atomic mass is 10.2. The van der Waals surface area contributed by atoms with Gasteiger partial charge in [0.25, 0.3) is 5.91 Å². The molecule has 0 saturated carbocycles. The molecule has 1 saturated heterocycles. The molecule has 1 atom stereocenters. The number of tetrazole rings is 1. The van der Waals surface area contributed by atoms with E-state index < -0.39 is 28.0 Å². The van der Waals surface area contributed by atoms with E-state index in [2.05, 4.69) is 20.8 Å². The average Bonchev–Trinajstić information content (AvgIpc) is 3.40. The minimum absolute atomic E-state index is 0.172. The van der Waals surface area contributed by atoms with Gasteiger partial charge in [0.15, 0.2) is 6.10 Å². The highest BCUT2D eigenvalue weighted by molar-refractivity contribution is 7.89. The molecule has 3 aromatic rings. The number of hydrogen-bond acceptors (Lipinski definition) is 8. The highest BCUT2D eigenvalue weighted by Gasteiger charge is 2.26. The van der Waals surface area contributed by atoms with Gasteiger partial charge in [-0.2, -0.15) is 8.99 Å². The zero-order chi connectivity index (χ0) is 24.1. The third kappa shape index (κ3) is 5.13. The van der Waals surface area contributed by atoms with Crippen LogP contribution >= 0.6 is 0 Å². The van der Waals surface area contributed by atoms with Gasteiger partial charge >= 0.3 is 5.97 Å². The largest absolute Gasteiger partial charge is 0.449 e. The number of hydrogen-bond donors (Lipinski definition) is 1. The van der Waals surface area contributed by atoms with E-state index in [1.54, 1.807) is 24.3 Å². The third-order valence-electron chi connectivity index (χ3n) is 5.45. The number of piperidine rings is 1. The molecule has 0 aliphatic carbocycles. The van der Waals surface area contributed by atoms with Gasteiger partial charge in [0.1, 0.15) is 6.33 Å². The van der Waals surface area contributed by atoms with E-state index in [9.17, 15) is 18.0 Å². The first-order valence-corrected chi connectivity index (χ1v) is 12.2. The molecule has 0 spiro atoms. The Morgan fingerprint density at radius 2 is 1.74 bits per heavy atom. The van der Waals surface area contributed by atoms with E-state index in [0.29, 0.717) is 24.5 Å². The van der Waals surface area contributed by atoms with E-state index in [1.165, 1.54) is 46.5 Å². The topological polar surface area (TPSA) is 136 Å². The number of ether oxygens (including phenoxy) is 1. The number of nitrogens with zero attached hydrogens (tertiary/aromatic N) is 5. The molecule has 2 heterocycles. The van der Waals surface area contributed by atoms with Crippen LogP contribution in [0.15, 0.2) is 59.8 Å². The summed E-state index contributed by atoms with van der Waals surface area (Å²) in [5, 5.41) is 13.5. The number of benzene rings is 2. The molecule has 1 aliphatic rings. The standard InChI is InChI=1S/C22H24N6O5S/c1-16(33-22(30)19-7-3-4-8-20(19)28-15-23-25-26-28)21(29)24-17-9-11-18(12-10-17)34(31,32)27-13-5-2-6-14-27/h3-4,7-12,15-16H,2,5-6,13-14H2,1H3,(H,24,29)/t16-/m0/s1. The average molecular weight is 485 g/mol. The number of sulfonamides is 1. The van der Waals surface area contributed by atoms with E-state index in [1.807, 2.05) is 0 Å². The van der Waals surface area contributed by atoms with E-state index >= 15 is 0 Å². The zero-order valence-electron chi connectivity index (χ0n) is 18.5. The van der Waals surface area contributed by atoms with Crippen LogP contribution in [0.2, 0.25) is 0 Å². The van der Waals surface area contributed by atoms with Gasteiger partial charge in [0.2, 0.25) is 10.0 Å². The Morgan fingerprint density at radius 3 is 2.41 bits per heavy atom. The number of aromatic nitrogens is 4. The van der Waals surface area contributed by atoms with Crippen LogP contribution in [0.1, 0.15) is 36.5 Å². The molecular formula is C22H24N6O5S. The molecular weight excluding hydrogens is 460 g/mol. The summed E-state index contributed by atoms with van der Waals surface area (Å²) in [6.07, 6.45) is 2.97. The van der Waals surface area contributed by atoms with Gasteiger partial charge in [-0.3, -0.25) is 4.79 Å². The van der Waals surface area contributed by atoms with Crippen molar-refractivity contribution < 1.29 is 22.7 Å². The second-order valence-electron chi connectivity index (χ2n) is 7.80. The first kappa shape index (κ1) is 23.5. The van der Waals surface area contributed by atoms with Crippen molar-refractivity contribution in [1.29, 1.82) is 0 Å². The number of anilines is 1. The Balaban J connectivity index is 1.39. The summed E-state index contributed by atoms with van der Waals surface area (Å²) in [4.78, 5) is 25.4. The maximum Gasteiger partial charge on any atom is 0.341 e. The van der Waals surface area contributed by atoms with Crippen molar-refractivity contribution >= 4 is 27.6 Å². The van der Waals surface area contributed by atoms with Gasteiger partial charge in [-0.05, 0) is 66.6 Å². The molecule has 178 valence electrons. The molecule has 0 unspecified atom stereocenters. The summed E-state index contributed by atoms with van der Waals surface area (Å²) in [7, 11) is -3.56. The summed E-state index contributed by atoms with van der Waals surface area (Å²) in [6.45, 7) is 2.47. The van der Waals surface area contributed by atoms with E-state index in [-0.39, 0.29) is 10.5 Å². The Labute approximate surface area is 196 Å². The molecule has 1 N–H and O–H groups in total. The molecule has 1 aliphatic heterocycles. The van der Waals surface area contributed by atoms with Crippen molar-refractivity contribution in [3.05, 3.63) is 60.4 Å². The molecule has 0 radical (unpaired) electrons. The number of amides is 1. The highest BCUT2D eigenvalue weighted by atomic mass is 32.2. The van der Waals surface area contributed by atoms with Crippen LogP contribution in [0, 0.1) is 0 Å². The van der Waals surface area contributed by atoms with Gasteiger partial charge in [-0.25, -0.2) is 13.2 Å². The Hall–Kier alpha value is -3.64. The number of para-hydroxylation sites is 1. The zero-order valence-corrected chi connectivity index (χ0v) is 19.3. The summed E-state index contributed by atoms with van der Waals surface area (Å²) >= 11 is 0. The van der Waals surface area contributed by atoms with Gasteiger partial charge in [0.05, 0.1) is 16.1 Å². The Morgan fingerprint density at radius 1 is 1.03 bits per heavy atom. The smallest absolute Gasteiger partial charge is 0.341 e. The summed E-state index contributed by atoms with van der Waals surface area (Å²) in [5.74, 6) is -1.27. The van der Waals surface area contributed by atoms with Crippen LogP contribution in [0.3, 0.4) is 0 Å². The van der Waals surface area contributed by atoms with Crippen LogP contribution in [0.25, 0.3) is 5.69 Å². The molecule has 34 heavy (non-hydrogen) atoms. The fraction of sp³-hybridized carbons (Fsp3) is 0.318. The summed E-state index contributed by atoms with van der Waals surface area (Å²) in [6, 6.07) is 12.5. The van der Waals surface area contributed by atoms with Crippen LogP contribution in [0.4, 0.5) is 5.69 Å². The van der Waals surface area contributed by atoms with Crippen LogP contribution in [-0.2, 0) is 19.6 Å². The number of esters is 1. The minimum Gasteiger partial charge on any atom is -0.449 e. The summed E-state index contributed by atoms with van der Waals surface area (Å²) < 4.78 is 33.7. The molecule has 1 aromatic heterocycles. The predicted octanol–water partition coefficient (Wildman–Crippen LogP) is 2.02. The van der Waals surface area contributed by atoms with Gasteiger partial charge in [-0.1, -0.05) is 18.6 Å². The molecule has 1 fully saturated rings. The molecule has 2 aromatic carbocycles. The first-order chi connectivity index (χ1) is 16.4. The van der Waals surface area contributed by atoms with Gasteiger partial charge in [0, 0.05) is 18.8 Å². The highest BCUT2D eigenvalue weighted by Crippen LogP contribution is 2.22. The SMILES string of the molecule is C[C@H](OC(=O)c1ccccc1-n1cnnn1)C(=O)Nc1ccc(S(=O)(=O)N2CCCCC2)cc1. The summed E-state index contributed by atoms with van der Waals surface area (Å²) in [5.41, 5.74) is 0.997. The lowest BCUT2D eigenvalue weighted by Crippen LogP contribution is -2.35. The molecule has 11 nitrogen and oxygen atoms in total. The second-order valence-corrected chi connectivity index (χ2v) is 9.74. The van der Waals surface area contributed by atoms with Crippen molar-refractivity contribution in [2.24, 2.45) is 0 Å². The number of carbonyl (C=O) groups is 2. The lowest BCUT2D eigenvalue weighted by molar-refractivity contribution is -0.123. The fourth-order valence-electron chi connectivity index (χ4n) is 3.60. The predicted molar refractivity (Wildman–Crippen MR) is 122 cm³/mol. The van der Waals surface area contributed by atoms with Crippen LogP contribution in [0.5, 0.6) is 0 Å². The Bertz CT molecular complexity index is 1260. The normalized spacial score (nSPS) is 15.4. The Kier molecular flexibility index (Phi) is 6.98. The quantitative estimate of drug-likeness (QED) is 0.503. The lowest BCUT2D eigenvalue weighted by Gasteiger charge is -2.25. The second kappa shape index (κ2) is 10.1. The first-order valence-electron chi connectivity index (χ1n) is 10.8. The van der Waals surface area contributed by atoms with Crippen LogP contribution < -0.4 is 5.32 Å². The van der Waals surface area contributed by atoms with Gasteiger partial charge < -0.3 is 10.1 Å². The van der Waals surface area contributed by atoms with Crippen molar-refractivity contribution in [1.82, 2.24) is 24.5 Å². The molecule has 12 heteroatoms. The number of rotatable bonds is 7. The van der Waals surface area contributed by atoms with Crippen molar-refractivity contribution in [2.45, 2.75) is 37.2 Å². The van der Waals surface area contributed by atoms with E-state index in [0.717, 1.165) is 19.3 Å². The maximum atomic E-state index is 12.8. The van der Waals surface area contributed by atoms with Crippen LogP contribution in [-0.4, -0.2) is 64.0 Å². The maximum absolute atomic E-state index is 12.8. The van der Waals surface area contributed by atoms with Crippen molar-refractivity contribution in [3.63, 3.8) is 0 Å². The van der Waals surface area contributed by atoms with Crippen molar-refractivity contribution in [3.8, 4) is 5.69 Å². The molecule has 0 bridgehead atoms. The van der Waals surface area contributed by atoms with E-state index in [4.69, 9.17) is 4.74 Å².